The minimum absolute atomic E-state index is 0.0810. The SMILES string of the molecule is CC(C)(C)Nc1cc(COP(=O)(O)OC(C)(C)C)ccc1OC1OC(C(=O)O)C(O)C(O)C1O.CC(C)(C)Nc1ccc(COC(C)(C)C)cc1.CC1C(O)C(Oc2ccc(COC(C)(C)C)cc2NC(C)(C)C)OC(C(=O)O)C1O.CC1C(Oc2ccc(COC(C)(C)C)cc2NC(C)(C)C)OC(CO)C(O)C1O. The lowest BCUT2D eigenvalue weighted by Gasteiger charge is -2.41. The molecule has 3 saturated heterocycles. The Morgan fingerprint density at radius 1 is 0.400 bits per heavy atom. The molecule has 4 aromatic carbocycles. The summed E-state index contributed by atoms with van der Waals surface area (Å²) in [5.41, 5.74) is 4.25. The van der Waals surface area contributed by atoms with Crippen molar-refractivity contribution in [2.24, 2.45) is 11.8 Å². The van der Waals surface area contributed by atoms with E-state index in [2.05, 4.69) is 108 Å². The molecule has 0 bridgehead atoms. The van der Waals surface area contributed by atoms with Gasteiger partial charge in [0.25, 0.3) is 0 Å². The fraction of sp³-hybridized carbons (Fsp3) is 0.675. The maximum atomic E-state index is 12.2. The summed E-state index contributed by atoms with van der Waals surface area (Å²) in [7, 11) is -4.33. The highest BCUT2D eigenvalue weighted by molar-refractivity contribution is 7.47. The third-order valence-electron chi connectivity index (χ3n) is 15.9. The number of rotatable bonds is 23. The van der Waals surface area contributed by atoms with Crippen LogP contribution in [-0.4, -0.2) is 199 Å². The van der Waals surface area contributed by atoms with E-state index in [4.69, 9.17) is 51.7 Å². The van der Waals surface area contributed by atoms with Crippen molar-refractivity contribution in [1.82, 2.24) is 0 Å². The van der Waals surface area contributed by atoms with Crippen LogP contribution in [0.4, 0.5) is 22.7 Å². The molecule has 0 amide bonds. The van der Waals surface area contributed by atoms with Crippen molar-refractivity contribution in [3.8, 4) is 17.2 Å². The van der Waals surface area contributed by atoms with Crippen molar-refractivity contribution in [2.45, 2.75) is 331 Å². The Labute approximate surface area is 650 Å². The number of benzene rings is 4. The predicted molar refractivity (Wildman–Crippen MR) is 419 cm³/mol. The molecule has 0 spiro atoms. The molecule has 0 saturated carbocycles. The van der Waals surface area contributed by atoms with E-state index in [0.717, 1.165) is 22.5 Å². The molecule has 3 fully saturated rings. The van der Waals surface area contributed by atoms with Crippen LogP contribution in [0.1, 0.15) is 202 Å². The summed E-state index contributed by atoms with van der Waals surface area (Å²) < 4.78 is 73.7. The van der Waals surface area contributed by atoms with Crippen molar-refractivity contribution in [3.05, 3.63) is 101 Å². The summed E-state index contributed by atoms with van der Waals surface area (Å²) in [6.07, 6.45) is -17.9. The van der Waals surface area contributed by atoms with E-state index >= 15 is 0 Å². The van der Waals surface area contributed by atoms with Crippen LogP contribution in [0, 0.1) is 11.8 Å². The van der Waals surface area contributed by atoms with Crippen molar-refractivity contribution >= 4 is 42.5 Å². The highest BCUT2D eigenvalue weighted by Crippen LogP contribution is 2.48. The molecule has 16 atom stereocenters. The molecule has 110 heavy (non-hydrogen) atoms. The molecular formula is C80H131N4O25P. The number of ether oxygens (including phenoxy) is 9. The maximum Gasteiger partial charge on any atom is 0.473 e. The first-order valence-corrected chi connectivity index (χ1v) is 38.5. The van der Waals surface area contributed by atoms with Gasteiger partial charge >= 0.3 is 19.8 Å². The number of carboxylic acid groups (broad SMARTS) is 2. The normalized spacial score (nSPS) is 25.5. The smallest absolute Gasteiger partial charge is 0.473 e. The fourth-order valence-electron chi connectivity index (χ4n) is 10.6. The Kier molecular flexibility index (Phi) is 34.5. The van der Waals surface area contributed by atoms with Gasteiger partial charge in [-0.3, -0.25) is 9.05 Å². The lowest BCUT2D eigenvalue weighted by Crippen LogP contribution is -2.61. The molecule has 626 valence electrons. The van der Waals surface area contributed by atoms with Gasteiger partial charge in [-0.2, -0.15) is 0 Å². The Balaban J connectivity index is 0.000000317. The fourth-order valence-corrected chi connectivity index (χ4v) is 11.6. The van der Waals surface area contributed by atoms with E-state index in [1.165, 1.54) is 17.7 Å². The van der Waals surface area contributed by atoms with Gasteiger partial charge in [0.1, 0.15) is 53.9 Å². The lowest BCUT2D eigenvalue weighted by molar-refractivity contribution is -0.271. The number of aliphatic hydroxyl groups is 8. The van der Waals surface area contributed by atoms with Crippen LogP contribution in [-0.2, 0) is 78.1 Å². The molecule has 7 rings (SSSR count). The minimum Gasteiger partial charge on any atom is -0.479 e. The minimum atomic E-state index is -4.33. The van der Waals surface area contributed by atoms with Crippen LogP contribution >= 0.6 is 7.82 Å². The average molecular weight is 1580 g/mol. The highest BCUT2D eigenvalue weighted by Gasteiger charge is 2.50. The molecular weight excluding hydrogens is 1450 g/mol. The lowest BCUT2D eigenvalue weighted by atomic mass is 9.90. The van der Waals surface area contributed by atoms with Gasteiger partial charge in [0.15, 0.2) is 12.2 Å². The molecule has 15 N–H and O–H groups in total. The maximum absolute atomic E-state index is 12.2. The summed E-state index contributed by atoms with van der Waals surface area (Å²) in [4.78, 5) is 32.7. The Hall–Kier alpha value is -6.03. The first-order chi connectivity index (χ1) is 50.0. The second-order valence-electron chi connectivity index (χ2n) is 36.1. The topological polar surface area (TPSA) is 423 Å². The third kappa shape index (κ3) is 34.0. The van der Waals surface area contributed by atoms with Crippen LogP contribution < -0.4 is 35.5 Å². The van der Waals surface area contributed by atoms with E-state index in [9.17, 15) is 70.1 Å². The molecule has 29 nitrogen and oxygen atoms in total. The molecule has 0 aromatic heterocycles. The number of carbonyl (C=O) groups is 2. The standard InChI is InChI=1S/C22H35NO7.C22H37NO6.C21H34NO11P.C15H25NO/c1-12-16(24)18(19(26)27)30-20(17(12)25)29-15-9-8-13(11-28-22(5,6)7)10-14(15)23-21(2,3)4;1-13-18(25)19(26)17(11-24)29-20(13)28-16-9-8-14(12-27-22(5,6)7)10-15(16)23-21(2,3)4;1-20(2,3)22-12-9-11(10-30-34(28,29)33-21(4,5)6)7-8-13(12)31-19-16(25)14(23)15(24)17(32-19)18(26)27;1-14(2,3)16-13-9-7-12(8-10-13)11-17-15(4,5)6/h8-10,12,16-18,20,23-25H,11H2,1-7H3,(H,26,27);8-10,13,17-20,23-26H,11-12H2,1-7H3;7-9,14-17,19,22-25H,10H2,1-6H3,(H,26,27)(H,28,29);7-10,16H,11H2,1-6H3. The van der Waals surface area contributed by atoms with Gasteiger partial charge in [-0.15, -0.1) is 0 Å². The highest BCUT2D eigenvalue weighted by atomic mass is 31.2. The second kappa shape index (κ2) is 39.3. The Bertz CT molecular complexity index is 3560. The number of hydrogen-bond donors (Lipinski definition) is 15. The number of nitrogens with one attached hydrogen (secondary N) is 4. The molecule has 16 unspecified atom stereocenters. The average Bonchev–Trinajstić information content (AvgIpc) is 0.803. The van der Waals surface area contributed by atoms with Crippen molar-refractivity contribution in [3.63, 3.8) is 0 Å². The van der Waals surface area contributed by atoms with Crippen molar-refractivity contribution in [2.75, 3.05) is 27.9 Å². The van der Waals surface area contributed by atoms with Crippen LogP contribution in [0.2, 0.25) is 0 Å². The number of aliphatic carboxylic acids is 2. The molecule has 30 heteroatoms. The van der Waals surface area contributed by atoms with Crippen LogP contribution in [0.25, 0.3) is 0 Å². The largest absolute Gasteiger partial charge is 0.479 e. The Morgan fingerprint density at radius 2 is 0.745 bits per heavy atom. The van der Waals surface area contributed by atoms with Crippen LogP contribution in [0.15, 0.2) is 78.9 Å². The number of anilines is 4. The number of carboxylic acids is 2. The zero-order valence-corrected chi connectivity index (χ0v) is 70.2. The van der Waals surface area contributed by atoms with Gasteiger partial charge in [0, 0.05) is 39.7 Å². The number of phosphoric acid groups is 1. The molecule has 4 aromatic rings. The third-order valence-corrected chi connectivity index (χ3v) is 17.1. The zero-order chi connectivity index (χ0) is 84.0. The van der Waals surface area contributed by atoms with E-state index in [1.54, 1.807) is 46.8 Å². The molecule has 3 aliphatic heterocycles. The summed E-state index contributed by atoms with van der Waals surface area (Å²) in [5, 5.41) is 112. The summed E-state index contributed by atoms with van der Waals surface area (Å²) in [6.45, 7) is 51.4. The molecule has 3 heterocycles. The van der Waals surface area contributed by atoms with E-state index in [-0.39, 0.29) is 45.8 Å². The van der Waals surface area contributed by atoms with Gasteiger partial charge in [-0.1, -0.05) is 44.2 Å². The summed E-state index contributed by atoms with van der Waals surface area (Å²) >= 11 is 0. The van der Waals surface area contributed by atoms with Crippen LogP contribution in [0.5, 0.6) is 17.2 Å². The van der Waals surface area contributed by atoms with E-state index < -0.39 is 129 Å². The van der Waals surface area contributed by atoms with Gasteiger partial charge in [-0.25, -0.2) is 14.2 Å². The monoisotopic (exact) mass is 1580 g/mol. The van der Waals surface area contributed by atoms with Gasteiger partial charge in [0.05, 0.1) is 84.7 Å². The van der Waals surface area contributed by atoms with Gasteiger partial charge < -0.3 is 120 Å². The first-order valence-electron chi connectivity index (χ1n) is 37.0. The first kappa shape index (κ1) is 96.3. The second-order valence-corrected chi connectivity index (χ2v) is 37.5. The summed E-state index contributed by atoms with van der Waals surface area (Å²) in [6, 6.07) is 24.2. The Morgan fingerprint density at radius 3 is 1.10 bits per heavy atom. The quantitative estimate of drug-likeness (QED) is 0.0307. The predicted octanol–water partition coefficient (Wildman–Crippen LogP) is 11.2. The summed E-state index contributed by atoms with van der Waals surface area (Å²) in [5.74, 6) is -2.94. The number of phosphoric ester groups is 1. The van der Waals surface area contributed by atoms with Gasteiger partial charge in [-0.05, 0) is 237 Å². The van der Waals surface area contributed by atoms with E-state index in [0.29, 0.717) is 48.3 Å². The molecule has 0 radical (unpaired) electrons. The van der Waals surface area contributed by atoms with Crippen molar-refractivity contribution in [1.29, 1.82) is 0 Å². The zero-order valence-electron chi connectivity index (χ0n) is 69.3. The van der Waals surface area contributed by atoms with Crippen molar-refractivity contribution < 1.29 is 122 Å². The number of aliphatic hydroxyl groups excluding tert-OH is 8. The van der Waals surface area contributed by atoms with Gasteiger partial charge in [0.2, 0.25) is 18.9 Å². The molecule has 0 aliphatic carbocycles. The van der Waals surface area contributed by atoms with E-state index in [1.807, 2.05) is 113 Å². The van der Waals surface area contributed by atoms with Crippen LogP contribution in [0.3, 0.4) is 0 Å². The molecule has 3 aliphatic rings. The number of hydrogen-bond acceptors (Lipinski definition) is 26.